The first-order chi connectivity index (χ1) is 7.34. The van der Waals surface area contributed by atoms with Gasteiger partial charge in [0.05, 0.1) is 11.4 Å². The summed E-state index contributed by atoms with van der Waals surface area (Å²) in [6.07, 6.45) is -2.63. The number of halogens is 2. The number of nitrogens with two attached hydrogens (primary N) is 1. The summed E-state index contributed by atoms with van der Waals surface area (Å²) in [4.78, 5) is 3.80. The van der Waals surface area contributed by atoms with E-state index in [1.807, 2.05) is 0 Å². The van der Waals surface area contributed by atoms with Crippen molar-refractivity contribution in [2.24, 2.45) is 0 Å². The standard InChI is InChI=1S/C12H14F2N2/c1-6(2)8-5-9(12(13)14)16-11(7(3)4)10(8)15/h5,12H,1,3,15H2,2,4H3. The van der Waals surface area contributed by atoms with Gasteiger partial charge in [-0.1, -0.05) is 13.2 Å². The van der Waals surface area contributed by atoms with Gasteiger partial charge in [-0.3, -0.25) is 0 Å². The van der Waals surface area contributed by atoms with Gasteiger partial charge in [0.2, 0.25) is 0 Å². The Labute approximate surface area is 93.5 Å². The van der Waals surface area contributed by atoms with Gasteiger partial charge in [0.25, 0.3) is 6.43 Å². The lowest BCUT2D eigenvalue weighted by molar-refractivity contribution is 0.146. The summed E-state index contributed by atoms with van der Waals surface area (Å²) < 4.78 is 25.2. The maximum Gasteiger partial charge on any atom is 0.280 e. The van der Waals surface area contributed by atoms with E-state index in [4.69, 9.17) is 5.73 Å². The Morgan fingerprint density at radius 2 is 1.88 bits per heavy atom. The third kappa shape index (κ3) is 2.27. The minimum absolute atomic E-state index is 0.301. The summed E-state index contributed by atoms with van der Waals surface area (Å²) in [7, 11) is 0. The van der Waals surface area contributed by atoms with Crippen LogP contribution in [0.5, 0.6) is 0 Å². The zero-order valence-corrected chi connectivity index (χ0v) is 9.35. The number of rotatable bonds is 3. The van der Waals surface area contributed by atoms with E-state index in [1.165, 1.54) is 6.07 Å². The van der Waals surface area contributed by atoms with Crippen molar-refractivity contribution in [2.75, 3.05) is 5.73 Å². The molecule has 0 unspecified atom stereocenters. The molecule has 0 aliphatic carbocycles. The molecule has 4 heteroatoms. The number of anilines is 1. The molecule has 0 saturated heterocycles. The molecule has 1 heterocycles. The molecule has 1 aromatic heterocycles. The normalized spacial score (nSPS) is 10.6. The maximum absolute atomic E-state index is 12.6. The SMILES string of the molecule is C=C(C)c1cc(C(F)F)nc(C(=C)C)c1N. The zero-order chi connectivity index (χ0) is 12.5. The van der Waals surface area contributed by atoms with Crippen LogP contribution in [0.3, 0.4) is 0 Å². The van der Waals surface area contributed by atoms with Gasteiger partial charge in [-0.15, -0.1) is 0 Å². The number of pyridine rings is 1. The van der Waals surface area contributed by atoms with E-state index in [-0.39, 0.29) is 5.69 Å². The molecule has 0 aliphatic heterocycles. The second kappa shape index (κ2) is 4.43. The van der Waals surface area contributed by atoms with Crippen molar-refractivity contribution >= 4 is 16.8 Å². The average molecular weight is 224 g/mol. The van der Waals surface area contributed by atoms with Crippen molar-refractivity contribution in [3.63, 3.8) is 0 Å². The van der Waals surface area contributed by atoms with E-state index in [2.05, 4.69) is 18.1 Å². The molecule has 0 aliphatic rings. The van der Waals surface area contributed by atoms with E-state index in [9.17, 15) is 8.78 Å². The Hall–Kier alpha value is -1.71. The third-order valence-electron chi connectivity index (χ3n) is 2.17. The van der Waals surface area contributed by atoms with E-state index in [1.54, 1.807) is 13.8 Å². The molecule has 0 bridgehead atoms. The van der Waals surface area contributed by atoms with Crippen LogP contribution in [0.4, 0.5) is 14.5 Å². The van der Waals surface area contributed by atoms with Crippen LogP contribution in [0.2, 0.25) is 0 Å². The van der Waals surface area contributed by atoms with Gasteiger partial charge in [0, 0.05) is 5.56 Å². The fourth-order valence-corrected chi connectivity index (χ4v) is 1.37. The summed E-state index contributed by atoms with van der Waals surface area (Å²) >= 11 is 0. The summed E-state index contributed by atoms with van der Waals surface area (Å²) in [6, 6.07) is 1.27. The minimum Gasteiger partial charge on any atom is -0.396 e. The first-order valence-corrected chi connectivity index (χ1v) is 4.75. The molecule has 0 aromatic carbocycles. The predicted molar refractivity (Wildman–Crippen MR) is 63.0 cm³/mol. The Balaban J connectivity index is 3.51. The number of nitrogen functional groups attached to an aromatic ring is 1. The summed E-state index contributed by atoms with van der Waals surface area (Å²) in [6.45, 7) is 10.8. The lowest BCUT2D eigenvalue weighted by atomic mass is 10.0. The first kappa shape index (κ1) is 12.4. The van der Waals surface area contributed by atoms with Gasteiger partial charge < -0.3 is 5.73 Å². The van der Waals surface area contributed by atoms with Gasteiger partial charge in [-0.2, -0.15) is 0 Å². The van der Waals surface area contributed by atoms with E-state index in [0.717, 1.165) is 0 Å². The second-order valence-corrected chi connectivity index (χ2v) is 3.72. The molecule has 0 radical (unpaired) electrons. The first-order valence-electron chi connectivity index (χ1n) is 4.75. The Kier molecular flexibility index (Phi) is 3.42. The Bertz CT molecular complexity index is 415. The molecule has 2 N–H and O–H groups in total. The zero-order valence-electron chi connectivity index (χ0n) is 9.35. The number of hydrogen-bond donors (Lipinski definition) is 1. The van der Waals surface area contributed by atoms with Gasteiger partial charge >= 0.3 is 0 Å². The molecule has 1 rings (SSSR count). The topological polar surface area (TPSA) is 38.9 Å². The second-order valence-electron chi connectivity index (χ2n) is 3.72. The molecule has 0 saturated carbocycles. The maximum atomic E-state index is 12.6. The number of allylic oxidation sites excluding steroid dienone is 2. The monoisotopic (exact) mass is 224 g/mol. The fourth-order valence-electron chi connectivity index (χ4n) is 1.37. The number of aromatic nitrogens is 1. The van der Waals surface area contributed by atoms with Gasteiger partial charge in [-0.05, 0) is 31.1 Å². The highest BCUT2D eigenvalue weighted by molar-refractivity contribution is 5.81. The summed E-state index contributed by atoms with van der Waals surface area (Å²) in [5, 5.41) is 0. The van der Waals surface area contributed by atoms with Crippen molar-refractivity contribution in [1.29, 1.82) is 0 Å². The van der Waals surface area contributed by atoms with E-state index < -0.39 is 6.43 Å². The number of nitrogens with zero attached hydrogens (tertiary/aromatic N) is 1. The molecule has 0 fully saturated rings. The van der Waals surface area contributed by atoms with Crippen LogP contribution in [-0.2, 0) is 0 Å². The van der Waals surface area contributed by atoms with Crippen molar-refractivity contribution in [1.82, 2.24) is 4.98 Å². The van der Waals surface area contributed by atoms with E-state index >= 15 is 0 Å². The highest BCUT2D eigenvalue weighted by Crippen LogP contribution is 2.30. The lowest BCUT2D eigenvalue weighted by Crippen LogP contribution is -2.04. The fraction of sp³-hybridized carbons (Fsp3) is 0.250. The predicted octanol–water partition coefficient (Wildman–Crippen LogP) is 3.67. The highest BCUT2D eigenvalue weighted by atomic mass is 19.3. The quantitative estimate of drug-likeness (QED) is 0.850. The van der Waals surface area contributed by atoms with Gasteiger partial charge in [-0.25, -0.2) is 13.8 Å². The minimum atomic E-state index is -2.63. The van der Waals surface area contributed by atoms with Crippen LogP contribution in [0.1, 0.15) is 37.2 Å². The highest BCUT2D eigenvalue weighted by Gasteiger charge is 2.16. The molecule has 2 nitrogen and oxygen atoms in total. The Morgan fingerprint density at radius 3 is 2.25 bits per heavy atom. The molecular weight excluding hydrogens is 210 g/mol. The van der Waals surface area contributed by atoms with Gasteiger partial charge in [0.1, 0.15) is 5.69 Å². The molecule has 16 heavy (non-hydrogen) atoms. The number of hydrogen-bond acceptors (Lipinski definition) is 2. The van der Waals surface area contributed by atoms with Crippen LogP contribution in [0.25, 0.3) is 11.1 Å². The third-order valence-corrected chi connectivity index (χ3v) is 2.17. The molecule has 1 aromatic rings. The van der Waals surface area contributed by atoms with Crippen LogP contribution >= 0.6 is 0 Å². The van der Waals surface area contributed by atoms with Crippen molar-refractivity contribution < 1.29 is 8.78 Å². The van der Waals surface area contributed by atoms with Crippen molar-refractivity contribution in [3.05, 3.63) is 36.2 Å². The van der Waals surface area contributed by atoms with Crippen LogP contribution in [0, 0.1) is 0 Å². The molecule has 86 valence electrons. The summed E-state index contributed by atoms with van der Waals surface area (Å²) in [5.41, 5.74) is 7.88. The summed E-state index contributed by atoms with van der Waals surface area (Å²) in [5.74, 6) is 0. The lowest BCUT2D eigenvalue weighted by Gasteiger charge is -2.12. The smallest absolute Gasteiger partial charge is 0.280 e. The molecule has 0 atom stereocenters. The molecule has 0 amide bonds. The van der Waals surface area contributed by atoms with E-state index in [0.29, 0.717) is 28.1 Å². The van der Waals surface area contributed by atoms with Gasteiger partial charge in [0.15, 0.2) is 0 Å². The largest absolute Gasteiger partial charge is 0.396 e. The average Bonchev–Trinajstić information content (AvgIpc) is 2.16. The Morgan fingerprint density at radius 1 is 1.31 bits per heavy atom. The van der Waals surface area contributed by atoms with Crippen molar-refractivity contribution in [2.45, 2.75) is 20.3 Å². The van der Waals surface area contributed by atoms with Crippen molar-refractivity contribution in [3.8, 4) is 0 Å². The number of alkyl halides is 2. The van der Waals surface area contributed by atoms with Crippen LogP contribution in [-0.4, -0.2) is 4.98 Å². The van der Waals surface area contributed by atoms with Crippen LogP contribution in [0.15, 0.2) is 19.2 Å². The molecular formula is C12H14F2N2. The molecule has 0 spiro atoms. The van der Waals surface area contributed by atoms with Crippen LogP contribution < -0.4 is 5.73 Å².